The second kappa shape index (κ2) is 7.80. The molecule has 0 saturated heterocycles. The molecule has 2 rings (SSSR count). The van der Waals surface area contributed by atoms with E-state index in [0.29, 0.717) is 12.3 Å². The van der Waals surface area contributed by atoms with Gasteiger partial charge in [-0.15, -0.1) is 0 Å². The number of non-ortho nitro benzene ring substituents is 1. The third kappa shape index (κ3) is 4.57. The molecule has 0 fully saturated rings. The van der Waals surface area contributed by atoms with E-state index in [0.717, 1.165) is 11.5 Å². The smallest absolute Gasteiger partial charge is 0.271 e. The molecule has 0 spiro atoms. The summed E-state index contributed by atoms with van der Waals surface area (Å²) < 4.78 is 10.7. The Balaban J connectivity index is 2.09. The number of benzene rings is 1. The van der Waals surface area contributed by atoms with Crippen LogP contribution in [0, 0.1) is 17.0 Å². The Kier molecular flexibility index (Phi) is 5.76. The number of hydrogen-bond acceptors (Lipinski definition) is 6. The molecule has 2 aromatic rings. The number of nitro groups is 1. The van der Waals surface area contributed by atoms with Crippen molar-refractivity contribution in [3.05, 3.63) is 52.0 Å². The minimum atomic E-state index is -0.524. The highest BCUT2D eigenvalue weighted by atomic mass is 16.6. The van der Waals surface area contributed by atoms with Gasteiger partial charge in [0.15, 0.2) is 0 Å². The SMILES string of the molecule is COc1ccc([N+](=O)[O-])cc1NC(=O)[C@@H](C)N(C)Cc1ccc(C)o1. The summed E-state index contributed by atoms with van der Waals surface area (Å²) in [6.07, 6.45) is 0. The number of nitro benzene ring substituents is 1. The van der Waals surface area contributed by atoms with Gasteiger partial charge in [-0.2, -0.15) is 0 Å². The number of carbonyl (C=O) groups is 1. The Morgan fingerprint density at radius 3 is 2.68 bits per heavy atom. The number of furan rings is 1. The summed E-state index contributed by atoms with van der Waals surface area (Å²) in [6.45, 7) is 4.07. The molecule has 1 N–H and O–H groups in total. The molecular weight excluding hydrogens is 326 g/mol. The summed E-state index contributed by atoms with van der Waals surface area (Å²) in [7, 11) is 3.23. The number of likely N-dealkylation sites (N-methyl/N-ethyl adjacent to an activating group) is 1. The molecular formula is C17H21N3O5. The molecule has 1 amide bonds. The van der Waals surface area contributed by atoms with E-state index in [2.05, 4.69) is 5.32 Å². The second-order valence-electron chi connectivity index (χ2n) is 5.73. The molecule has 0 aliphatic carbocycles. The predicted molar refractivity (Wildman–Crippen MR) is 92.7 cm³/mol. The zero-order valence-electron chi connectivity index (χ0n) is 14.6. The number of aryl methyl sites for hydroxylation is 1. The van der Waals surface area contributed by atoms with Crippen LogP contribution in [0.3, 0.4) is 0 Å². The number of amides is 1. The molecule has 0 unspecified atom stereocenters. The Hall–Kier alpha value is -2.87. The Labute approximate surface area is 145 Å². The zero-order chi connectivity index (χ0) is 18.6. The quantitative estimate of drug-likeness (QED) is 0.611. The van der Waals surface area contributed by atoms with E-state index in [4.69, 9.17) is 9.15 Å². The van der Waals surface area contributed by atoms with E-state index < -0.39 is 11.0 Å². The van der Waals surface area contributed by atoms with Crippen molar-refractivity contribution >= 4 is 17.3 Å². The number of ether oxygens (including phenoxy) is 1. The number of hydrogen-bond donors (Lipinski definition) is 1. The van der Waals surface area contributed by atoms with Gasteiger partial charge >= 0.3 is 0 Å². The van der Waals surface area contributed by atoms with E-state index in [-0.39, 0.29) is 17.3 Å². The van der Waals surface area contributed by atoms with E-state index >= 15 is 0 Å². The topological polar surface area (TPSA) is 97.8 Å². The van der Waals surface area contributed by atoms with E-state index in [1.807, 2.05) is 24.0 Å². The first-order chi connectivity index (χ1) is 11.8. The molecule has 8 heteroatoms. The van der Waals surface area contributed by atoms with Crippen molar-refractivity contribution in [1.82, 2.24) is 4.90 Å². The Morgan fingerprint density at radius 1 is 1.40 bits per heavy atom. The average molecular weight is 347 g/mol. The van der Waals surface area contributed by atoms with Gasteiger partial charge in [0, 0.05) is 12.1 Å². The van der Waals surface area contributed by atoms with Crippen LogP contribution in [0.5, 0.6) is 5.75 Å². The van der Waals surface area contributed by atoms with Gasteiger partial charge in [-0.3, -0.25) is 19.8 Å². The third-order valence-corrected chi connectivity index (χ3v) is 3.89. The summed E-state index contributed by atoms with van der Waals surface area (Å²) in [5.74, 6) is 1.62. The second-order valence-corrected chi connectivity index (χ2v) is 5.73. The lowest BCUT2D eigenvalue weighted by Crippen LogP contribution is -2.39. The summed E-state index contributed by atoms with van der Waals surface area (Å²) in [5, 5.41) is 13.6. The summed E-state index contributed by atoms with van der Waals surface area (Å²) in [4.78, 5) is 24.7. The van der Waals surface area contributed by atoms with Gasteiger partial charge in [-0.1, -0.05) is 0 Å². The lowest BCUT2D eigenvalue weighted by Gasteiger charge is -2.23. The lowest BCUT2D eigenvalue weighted by molar-refractivity contribution is -0.384. The summed E-state index contributed by atoms with van der Waals surface area (Å²) in [5.41, 5.74) is 0.138. The highest BCUT2D eigenvalue weighted by Gasteiger charge is 2.21. The molecule has 25 heavy (non-hydrogen) atoms. The van der Waals surface area contributed by atoms with Crippen molar-refractivity contribution in [3.8, 4) is 5.75 Å². The molecule has 0 saturated carbocycles. The fraction of sp³-hybridized carbons (Fsp3) is 0.353. The molecule has 0 radical (unpaired) electrons. The van der Waals surface area contributed by atoms with Crippen LogP contribution in [0.2, 0.25) is 0 Å². The predicted octanol–water partition coefficient (Wildman–Crippen LogP) is 2.96. The van der Waals surface area contributed by atoms with Crippen molar-refractivity contribution in [2.45, 2.75) is 26.4 Å². The highest BCUT2D eigenvalue weighted by Crippen LogP contribution is 2.29. The fourth-order valence-electron chi connectivity index (χ4n) is 2.30. The van der Waals surface area contributed by atoms with Gasteiger partial charge < -0.3 is 14.5 Å². The first kappa shape index (κ1) is 18.5. The fourth-order valence-corrected chi connectivity index (χ4v) is 2.30. The number of methoxy groups -OCH3 is 1. The number of nitrogens with zero attached hydrogens (tertiary/aromatic N) is 2. The molecule has 0 aliphatic heterocycles. The van der Waals surface area contributed by atoms with Crippen molar-refractivity contribution < 1.29 is 18.9 Å². The van der Waals surface area contributed by atoms with Crippen LogP contribution in [0.1, 0.15) is 18.4 Å². The van der Waals surface area contributed by atoms with Crippen molar-refractivity contribution in [2.24, 2.45) is 0 Å². The number of carbonyl (C=O) groups excluding carboxylic acids is 1. The summed E-state index contributed by atoms with van der Waals surface area (Å²) >= 11 is 0. The molecule has 1 heterocycles. The van der Waals surface area contributed by atoms with Crippen LogP contribution in [0.25, 0.3) is 0 Å². The number of nitrogens with one attached hydrogen (secondary N) is 1. The average Bonchev–Trinajstić information content (AvgIpc) is 2.98. The van der Waals surface area contributed by atoms with Gasteiger partial charge in [0.05, 0.1) is 30.3 Å². The van der Waals surface area contributed by atoms with Gasteiger partial charge in [0.2, 0.25) is 5.91 Å². The van der Waals surface area contributed by atoms with Gasteiger partial charge in [-0.25, -0.2) is 0 Å². The molecule has 8 nitrogen and oxygen atoms in total. The molecule has 0 bridgehead atoms. The van der Waals surface area contributed by atoms with Crippen LogP contribution in [0.4, 0.5) is 11.4 Å². The Bertz CT molecular complexity index is 771. The van der Waals surface area contributed by atoms with Crippen molar-refractivity contribution in [2.75, 3.05) is 19.5 Å². The van der Waals surface area contributed by atoms with Crippen LogP contribution in [-0.2, 0) is 11.3 Å². The van der Waals surface area contributed by atoms with E-state index in [9.17, 15) is 14.9 Å². The van der Waals surface area contributed by atoms with Gasteiger partial charge in [0.1, 0.15) is 17.3 Å². The largest absolute Gasteiger partial charge is 0.495 e. The van der Waals surface area contributed by atoms with Gasteiger partial charge in [0.25, 0.3) is 5.69 Å². The molecule has 0 aliphatic rings. The van der Waals surface area contributed by atoms with Crippen molar-refractivity contribution in [3.63, 3.8) is 0 Å². The Morgan fingerprint density at radius 2 is 2.12 bits per heavy atom. The highest BCUT2D eigenvalue weighted by molar-refractivity contribution is 5.96. The van der Waals surface area contributed by atoms with Crippen LogP contribution < -0.4 is 10.1 Å². The van der Waals surface area contributed by atoms with Crippen molar-refractivity contribution in [1.29, 1.82) is 0 Å². The first-order valence-corrected chi connectivity index (χ1v) is 7.70. The molecule has 1 atom stereocenters. The monoisotopic (exact) mass is 347 g/mol. The normalized spacial score (nSPS) is 12.0. The number of anilines is 1. The minimum Gasteiger partial charge on any atom is -0.495 e. The van der Waals surface area contributed by atoms with Gasteiger partial charge in [-0.05, 0) is 39.1 Å². The van der Waals surface area contributed by atoms with E-state index in [1.165, 1.54) is 25.3 Å². The molecule has 1 aromatic heterocycles. The molecule has 1 aromatic carbocycles. The maximum atomic E-state index is 12.5. The zero-order valence-corrected chi connectivity index (χ0v) is 14.6. The third-order valence-electron chi connectivity index (χ3n) is 3.89. The van der Waals surface area contributed by atoms with Crippen LogP contribution in [0.15, 0.2) is 34.7 Å². The standard InChI is InChI=1S/C17H21N3O5/c1-11-5-7-14(25-11)10-19(3)12(2)17(21)18-15-9-13(20(22)23)6-8-16(15)24-4/h5-9,12H,10H2,1-4H3,(H,18,21)/t12-/m1/s1. The molecule has 134 valence electrons. The lowest BCUT2D eigenvalue weighted by atomic mass is 10.2. The first-order valence-electron chi connectivity index (χ1n) is 7.70. The maximum absolute atomic E-state index is 12.5. The summed E-state index contributed by atoms with van der Waals surface area (Å²) in [6, 6.07) is 7.30. The maximum Gasteiger partial charge on any atom is 0.271 e. The minimum absolute atomic E-state index is 0.122. The van der Waals surface area contributed by atoms with E-state index in [1.54, 1.807) is 14.0 Å². The van der Waals surface area contributed by atoms with Crippen LogP contribution >= 0.6 is 0 Å². The number of rotatable bonds is 7. The van der Waals surface area contributed by atoms with Crippen LogP contribution in [-0.4, -0.2) is 35.9 Å².